The van der Waals surface area contributed by atoms with Gasteiger partial charge in [-0.2, -0.15) is 5.26 Å². The first-order chi connectivity index (χ1) is 12.8. The molecule has 0 amide bonds. The van der Waals surface area contributed by atoms with Gasteiger partial charge in [-0.05, 0) is 29.8 Å². The number of sulfone groups is 1. The Morgan fingerprint density at radius 2 is 1.96 bits per heavy atom. The summed E-state index contributed by atoms with van der Waals surface area (Å²) in [4.78, 5) is 12.9. The Morgan fingerprint density at radius 3 is 2.59 bits per heavy atom. The zero-order chi connectivity index (χ0) is 19.6. The molecular weight excluding hydrogens is 390 g/mol. The maximum atomic E-state index is 12.6. The Kier molecular flexibility index (Phi) is 4.99. The maximum absolute atomic E-state index is 12.6. The summed E-state index contributed by atoms with van der Waals surface area (Å²) in [6.07, 6.45) is 2.72. The van der Waals surface area contributed by atoms with Crippen LogP contribution in [0.2, 0.25) is 5.02 Å². The van der Waals surface area contributed by atoms with Crippen LogP contribution in [-0.2, 0) is 15.6 Å². The van der Waals surface area contributed by atoms with Crippen molar-refractivity contribution in [2.75, 3.05) is 0 Å². The molecule has 0 bridgehead atoms. The molecule has 0 aliphatic rings. The summed E-state index contributed by atoms with van der Waals surface area (Å²) < 4.78 is 25.2. The number of hydrogen-bond acceptors (Lipinski definition) is 5. The van der Waals surface area contributed by atoms with E-state index in [-0.39, 0.29) is 11.4 Å². The van der Waals surface area contributed by atoms with Crippen LogP contribution < -0.4 is 0 Å². The molecule has 9 heteroatoms. The Bertz CT molecular complexity index is 1210. The van der Waals surface area contributed by atoms with Crippen molar-refractivity contribution in [3.05, 3.63) is 79.8 Å². The number of aromatic amines is 1. The van der Waals surface area contributed by atoms with Gasteiger partial charge in [-0.3, -0.25) is 10.1 Å². The van der Waals surface area contributed by atoms with E-state index < -0.39 is 19.7 Å². The fourth-order valence-electron chi connectivity index (χ4n) is 2.57. The summed E-state index contributed by atoms with van der Waals surface area (Å²) in [5.74, 6) is -0.355. The van der Waals surface area contributed by atoms with E-state index in [1.807, 2.05) is 0 Å². The lowest BCUT2D eigenvalue weighted by atomic mass is 10.1. The minimum Gasteiger partial charge on any atom is -0.361 e. The van der Waals surface area contributed by atoms with Gasteiger partial charge in [-0.1, -0.05) is 23.7 Å². The molecule has 7 nitrogen and oxygen atoms in total. The van der Waals surface area contributed by atoms with Gasteiger partial charge in [0.1, 0.15) is 11.0 Å². The van der Waals surface area contributed by atoms with Crippen LogP contribution in [0.15, 0.2) is 53.6 Å². The highest BCUT2D eigenvalue weighted by Crippen LogP contribution is 2.27. The number of nitriles is 1. The van der Waals surface area contributed by atoms with Crippen LogP contribution in [0.5, 0.6) is 0 Å². The Hall–Kier alpha value is -3.15. The van der Waals surface area contributed by atoms with Gasteiger partial charge in [0.05, 0.1) is 10.7 Å². The van der Waals surface area contributed by atoms with Crippen molar-refractivity contribution in [1.29, 1.82) is 5.26 Å². The highest BCUT2D eigenvalue weighted by atomic mass is 35.5. The van der Waals surface area contributed by atoms with E-state index in [9.17, 15) is 23.8 Å². The largest absolute Gasteiger partial charge is 0.361 e. The molecule has 27 heavy (non-hydrogen) atoms. The topological polar surface area (TPSA) is 117 Å². The molecule has 0 unspecified atom stereocenters. The SMILES string of the molecule is N#C/C(=C/c1c[nH]c2ccc([N+](=O)[O-])cc12)S(=O)(=O)Cc1ccc(Cl)cc1. The number of hydrogen-bond donors (Lipinski definition) is 1. The molecule has 0 saturated heterocycles. The number of nitrogens with one attached hydrogen (secondary N) is 1. The number of H-pyrrole nitrogens is 1. The summed E-state index contributed by atoms with van der Waals surface area (Å²) in [6, 6.07) is 12.2. The Labute approximate surface area is 159 Å². The Balaban J connectivity index is 2.02. The van der Waals surface area contributed by atoms with Crippen LogP contribution in [0.25, 0.3) is 17.0 Å². The summed E-state index contributed by atoms with van der Waals surface area (Å²) >= 11 is 5.79. The number of fused-ring (bicyclic) bond motifs is 1. The number of nitro benzene ring substituents is 1. The van der Waals surface area contributed by atoms with Crippen LogP contribution >= 0.6 is 11.6 Å². The number of allylic oxidation sites excluding steroid dienone is 1. The van der Waals surface area contributed by atoms with Gasteiger partial charge in [-0.25, -0.2) is 8.42 Å². The first-order valence-electron chi connectivity index (χ1n) is 7.65. The molecule has 136 valence electrons. The van der Waals surface area contributed by atoms with E-state index >= 15 is 0 Å². The first-order valence-corrected chi connectivity index (χ1v) is 9.68. The van der Waals surface area contributed by atoms with Gasteiger partial charge in [0, 0.05) is 39.8 Å². The molecule has 1 aromatic heterocycles. The van der Waals surface area contributed by atoms with Crippen LogP contribution in [-0.4, -0.2) is 18.3 Å². The standard InChI is InChI=1S/C18H12ClN3O4S/c19-14-3-1-12(2-4-14)11-27(25,26)16(9-20)7-13-10-21-18-6-5-15(22(23)24)8-17(13)18/h1-8,10,21H,11H2/b16-7-. The molecule has 2 aromatic carbocycles. The monoisotopic (exact) mass is 401 g/mol. The van der Waals surface area contributed by atoms with Crippen LogP contribution in [0.1, 0.15) is 11.1 Å². The quantitative estimate of drug-likeness (QED) is 0.390. The van der Waals surface area contributed by atoms with E-state index in [1.165, 1.54) is 30.5 Å². The normalized spacial score (nSPS) is 12.1. The van der Waals surface area contributed by atoms with Gasteiger partial charge < -0.3 is 4.98 Å². The molecule has 0 saturated carbocycles. The summed E-state index contributed by atoms with van der Waals surface area (Å²) in [7, 11) is -3.90. The number of halogens is 1. The van der Waals surface area contributed by atoms with Crippen molar-refractivity contribution in [3.8, 4) is 6.07 Å². The van der Waals surface area contributed by atoms with Crippen LogP contribution in [0.3, 0.4) is 0 Å². The minimum absolute atomic E-state index is 0.126. The average Bonchev–Trinajstić information content (AvgIpc) is 3.03. The minimum atomic E-state index is -3.90. The third-order valence-electron chi connectivity index (χ3n) is 3.91. The van der Waals surface area contributed by atoms with Crippen molar-refractivity contribution in [3.63, 3.8) is 0 Å². The predicted octanol–water partition coefficient (Wildman–Crippen LogP) is 4.21. The third-order valence-corrected chi connectivity index (χ3v) is 5.75. The smallest absolute Gasteiger partial charge is 0.270 e. The van der Waals surface area contributed by atoms with E-state index in [2.05, 4.69) is 4.98 Å². The highest BCUT2D eigenvalue weighted by molar-refractivity contribution is 7.95. The molecule has 0 aliphatic heterocycles. The molecule has 3 rings (SSSR count). The second-order valence-electron chi connectivity index (χ2n) is 5.74. The lowest BCUT2D eigenvalue weighted by Crippen LogP contribution is -2.06. The fraction of sp³-hybridized carbons (Fsp3) is 0.0556. The van der Waals surface area contributed by atoms with Gasteiger partial charge in [0.2, 0.25) is 0 Å². The van der Waals surface area contributed by atoms with Gasteiger partial charge in [0.15, 0.2) is 9.84 Å². The third kappa shape index (κ3) is 4.00. The molecule has 0 aliphatic carbocycles. The van der Waals surface area contributed by atoms with Crippen LogP contribution in [0, 0.1) is 21.4 Å². The van der Waals surface area contributed by atoms with Crippen molar-refractivity contribution >= 4 is 44.1 Å². The van der Waals surface area contributed by atoms with E-state index in [0.29, 0.717) is 27.1 Å². The zero-order valence-corrected chi connectivity index (χ0v) is 15.3. The van der Waals surface area contributed by atoms with Crippen molar-refractivity contribution < 1.29 is 13.3 Å². The first kappa shape index (κ1) is 18.6. The summed E-state index contributed by atoms with van der Waals surface area (Å²) in [5, 5.41) is 21.3. The van der Waals surface area contributed by atoms with Gasteiger partial charge >= 0.3 is 0 Å². The molecule has 3 aromatic rings. The Morgan fingerprint density at radius 1 is 1.26 bits per heavy atom. The molecular formula is C18H12ClN3O4S. The zero-order valence-electron chi connectivity index (χ0n) is 13.7. The molecule has 0 atom stereocenters. The van der Waals surface area contributed by atoms with E-state index in [0.717, 1.165) is 0 Å². The lowest BCUT2D eigenvalue weighted by molar-refractivity contribution is -0.384. The fourth-order valence-corrected chi connectivity index (χ4v) is 3.93. The average molecular weight is 402 g/mol. The molecule has 0 radical (unpaired) electrons. The van der Waals surface area contributed by atoms with E-state index in [1.54, 1.807) is 30.3 Å². The van der Waals surface area contributed by atoms with Gasteiger partial charge in [0.25, 0.3) is 5.69 Å². The number of rotatable bonds is 5. The second-order valence-corrected chi connectivity index (χ2v) is 8.13. The molecule has 1 heterocycles. The highest BCUT2D eigenvalue weighted by Gasteiger charge is 2.20. The molecule has 0 spiro atoms. The number of nitrogens with zero attached hydrogens (tertiary/aromatic N) is 2. The predicted molar refractivity (Wildman–Crippen MR) is 103 cm³/mol. The number of nitro groups is 1. The van der Waals surface area contributed by atoms with Gasteiger partial charge in [-0.15, -0.1) is 0 Å². The number of aromatic nitrogens is 1. The van der Waals surface area contributed by atoms with Crippen LogP contribution in [0.4, 0.5) is 5.69 Å². The maximum Gasteiger partial charge on any atom is 0.270 e. The summed E-state index contributed by atoms with van der Waals surface area (Å²) in [6.45, 7) is 0. The molecule has 0 fully saturated rings. The number of benzene rings is 2. The van der Waals surface area contributed by atoms with Crippen molar-refractivity contribution in [2.45, 2.75) is 5.75 Å². The lowest BCUT2D eigenvalue weighted by Gasteiger charge is -2.03. The summed E-state index contributed by atoms with van der Waals surface area (Å²) in [5.41, 5.74) is 1.35. The van der Waals surface area contributed by atoms with E-state index in [4.69, 9.17) is 11.6 Å². The second kappa shape index (κ2) is 7.23. The van der Waals surface area contributed by atoms with Crippen molar-refractivity contribution in [2.24, 2.45) is 0 Å². The molecule has 1 N–H and O–H groups in total. The number of non-ortho nitro benzene ring substituents is 1. The van der Waals surface area contributed by atoms with Crippen molar-refractivity contribution in [1.82, 2.24) is 4.98 Å².